The summed E-state index contributed by atoms with van der Waals surface area (Å²) in [5, 5.41) is 2.89. The Hall–Kier alpha value is -2.74. The number of fused-ring (bicyclic) bond motifs is 1. The Morgan fingerprint density at radius 2 is 1.60 bits per heavy atom. The van der Waals surface area contributed by atoms with E-state index in [9.17, 15) is 13.2 Å². The van der Waals surface area contributed by atoms with Crippen molar-refractivity contribution in [2.45, 2.75) is 50.9 Å². The summed E-state index contributed by atoms with van der Waals surface area (Å²) >= 11 is 0. The van der Waals surface area contributed by atoms with Crippen LogP contribution in [0.15, 0.2) is 42.5 Å². The van der Waals surface area contributed by atoms with Crippen molar-refractivity contribution in [1.29, 1.82) is 0 Å². The molecule has 5 aliphatic rings. The number of sulfonamides is 1. The molecular weight excluding hydrogens is 464 g/mol. The Morgan fingerprint density at radius 1 is 0.971 bits per heavy atom. The first-order chi connectivity index (χ1) is 16.8. The van der Waals surface area contributed by atoms with Gasteiger partial charge < -0.3 is 14.8 Å². The molecule has 2 aromatic rings. The molecule has 2 aromatic carbocycles. The molecule has 0 spiro atoms. The highest BCUT2D eigenvalue weighted by atomic mass is 32.2. The lowest BCUT2D eigenvalue weighted by molar-refractivity contribution is -0.114. The monoisotopic (exact) mass is 496 g/mol. The minimum atomic E-state index is -3.67. The number of anilines is 2. The maximum atomic E-state index is 12.9. The number of hydrogen-bond acceptors (Lipinski definition) is 5. The average Bonchev–Trinajstić information content (AvgIpc) is 3.30. The summed E-state index contributed by atoms with van der Waals surface area (Å²) < 4.78 is 37.5. The maximum absolute atomic E-state index is 12.9. The average molecular weight is 497 g/mol. The third-order valence-electron chi connectivity index (χ3n) is 8.45. The lowest BCUT2D eigenvalue weighted by Gasteiger charge is -2.57. The van der Waals surface area contributed by atoms with Crippen molar-refractivity contribution in [3.63, 3.8) is 0 Å². The number of nitrogens with zero attached hydrogens (tertiary/aromatic N) is 1. The summed E-state index contributed by atoms with van der Waals surface area (Å²) in [6.45, 7) is 1.35. The van der Waals surface area contributed by atoms with E-state index in [2.05, 4.69) is 17.4 Å². The van der Waals surface area contributed by atoms with Crippen LogP contribution in [0.1, 0.15) is 51.0 Å². The number of nitrogens with one attached hydrogen (secondary N) is 1. The second-order valence-electron chi connectivity index (χ2n) is 10.8. The van der Waals surface area contributed by atoms with Crippen LogP contribution in [0.4, 0.5) is 11.4 Å². The van der Waals surface area contributed by atoms with Gasteiger partial charge in [-0.15, -0.1) is 0 Å². The van der Waals surface area contributed by atoms with Crippen LogP contribution < -0.4 is 19.1 Å². The van der Waals surface area contributed by atoms with Gasteiger partial charge in [0, 0.05) is 11.8 Å². The standard InChI is InChI=1S/C27H32N2O5S/c1-2-35(31,32)29(23-7-8-24-25(12-23)34-17-33-24)16-26(30)28-22-5-3-21(4-6-22)27-13-18-9-19(14-27)11-20(10-18)15-27/h3-8,12,18-20H,2,9-11,13-17H2,1H3,(H,28,30). The zero-order valence-corrected chi connectivity index (χ0v) is 20.9. The second kappa shape index (κ2) is 8.43. The third kappa shape index (κ3) is 4.15. The van der Waals surface area contributed by atoms with Crippen LogP contribution in [0.5, 0.6) is 11.5 Å². The Kier molecular flexibility index (Phi) is 5.47. The van der Waals surface area contributed by atoms with E-state index in [4.69, 9.17) is 9.47 Å². The van der Waals surface area contributed by atoms with Crippen molar-refractivity contribution in [1.82, 2.24) is 0 Å². The lowest BCUT2D eigenvalue weighted by atomic mass is 9.48. The van der Waals surface area contributed by atoms with Crippen LogP contribution in [-0.4, -0.2) is 33.4 Å². The molecule has 1 aliphatic heterocycles. The fourth-order valence-electron chi connectivity index (χ4n) is 7.25. The molecule has 1 heterocycles. The molecule has 4 saturated carbocycles. The van der Waals surface area contributed by atoms with Gasteiger partial charge in [-0.1, -0.05) is 12.1 Å². The van der Waals surface area contributed by atoms with Gasteiger partial charge in [-0.05, 0) is 98.4 Å². The number of ether oxygens (including phenoxy) is 2. The fraction of sp³-hybridized carbons (Fsp3) is 0.519. The van der Waals surface area contributed by atoms with Crippen LogP contribution in [0, 0.1) is 17.8 Å². The number of benzene rings is 2. The first-order valence-corrected chi connectivity index (χ1v) is 14.2. The maximum Gasteiger partial charge on any atom is 0.245 e. The van der Waals surface area contributed by atoms with E-state index in [1.54, 1.807) is 25.1 Å². The predicted octanol–water partition coefficient (Wildman–Crippen LogP) is 4.68. The summed E-state index contributed by atoms with van der Waals surface area (Å²) in [4.78, 5) is 12.9. The molecule has 0 aromatic heterocycles. The Labute approximate surface area is 206 Å². The highest BCUT2D eigenvalue weighted by Crippen LogP contribution is 2.60. The van der Waals surface area contributed by atoms with Crippen molar-refractivity contribution in [2.24, 2.45) is 17.8 Å². The van der Waals surface area contributed by atoms with Gasteiger partial charge in [0.15, 0.2) is 11.5 Å². The van der Waals surface area contributed by atoms with E-state index in [0.29, 0.717) is 28.3 Å². The molecule has 35 heavy (non-hydrogen) atoms. The van der Waals surface area contributed by atoms with Gasteiger partial charge in [0.05, 0.1) is 11.4 Å². The first kappa shape index (κ1) is 22.7. The number of carbonyl (C=O) groups is 1. The van der Waals surface area contributed by atoms with Gasteiger partial charge in [0.1, 0.15) is 6.54 Å². The summed E-state index contributed by atoms with van der Waals surface area (Å²) in [7, 11) is -3.67. The van der Waals surface area contributed by atoms with Crippen molar-refractivity contribution >= 4 is 27.3 Å². The Balaban J connectivity index is 1.17. The minimum Gasteiger partial charge on any atom is -0.454 e. The fourth-order valence-corrected chi connectivity index (χ4v) is 8.31. The Morgan fingerprint density at radius 3 is 2.23 bits per heavy atom. The zero-order chi connectivity index (χ0) is 24.2. The molecule has 4 fully saturated rings. The van der Waals surface area contributed by atoms with Crippen LogP contribution >= 0.6 is 0 Å². The molecule has 4 bridgehead atoms. The highest BCUT2D eigenvalue weighted by Gasteiger charge is 2.51. The van der Waals surface area contributed by atoms with Crippen LogP contribution in [0.3, 0.4) is 0 Å². The van der Waals surface area contributed by atoms with Gasteiger partial charge in [-0.25, -0.2) is 8.42 Å². The van der Waals surface area contributed by atoms with Gasteiger partial charge in [-0.2, -0.15) is 0 Å². The summed E-state index contributed by atoms with van der Waals surface area (Å²) in [6, 6.07) is 13.2. The van der Waals surface area contributed by atoms with E-state index < -0.39 is 10.0 Å². The molecule has 0 saturated heterocycles. The van der Waals surface area contributed by atoms with E-state index in [0.717, 1.165) is 22.1 Å². The van der Waals surface area contributed by atoms with Crippen molar-refractivity contribution in [3.05, 3.63) is 48.0 Å². The molecule has 186 valence electrons. The van der Waals surface area contributed by atoms with Crippen LogP contribution in [0.2, 0.25) is 0 Å². The van der Waals surface area contributed by atoms with Crippen LogP contribution in [0.25, 0.3) is 0 Å². The van der Waals surface area contributed by atoms with Gasteiger partial charge in [-0.3, -0.25) is 9.10 Å². The number of carbonyl (C=O) groups excluding carboxylic acids is 1. The van der Waals surface area contributed by atoms with Crippen molar-refractivity contribution in [3.8, 4) is 11.5 Å². The summed E-state index contributed by atoms with van der Waals surface area (Å²) in [5.74, 6) is 3.16. The molecule has 7 rings (SSSR count). The molecule has 0 radical (unpaired) electrons. The third-order valence-corrected chi connectivity index (χ3v) is 10.2. The highest BCUT2D eigenvalue weighted by molar-refractivity contribution is 7.92. The topological polar surface area (TPSA) is 84.9 Å². The van der Waals surface area contributed by atoms with E-state index >= 15 is 0 Å². The van der Waals surface area contributed by atoms with Gasteiger partial charge in [0.2, 0.25) is 22.7 Å². The first-order valence-electron chi connectivity index (χ1n) is 12.6. The van der Waals surface area contributed by atoms with Gasteiger partial charge in [0.25, 0.3) is 0 Å². The number of hydrogen-bond donors (Lipinski definition) is 1. The van der Waals surface area contributed by atoms with E-state index in [-0.39, 0.29) is 25.0 Å². The molecule has 7 nitrogen and oxygen atoms in total. The van der Waals surface area contributed by atoms with Gasteiger partial charge >= 0.3 is 0 Å². The summed E-state index contributed by atoms with van der Waals surface area (Å²) in [6.07, 6.45) is 8.12. The normalized spacial score (nSPS) is 28.2. The number of rotatable bonds is 7. The SMILES string of the molecule is CCS(=O)(=O)N(CC(=O)Nc1ccc(C23CC4CC(CC(C4)C2)C3)cc1)c1ccc2c(c1)OCO2. The van der Waals surface area contributed by atoms with E-state index in [1.807, 2.05) is 12.1 Å². The smallest absolute Gasteiger partial charge is 0.245 e. The van der Waals surface area contributed by atoms with Crippen molar-refractivity contribution < 1.29 is 22.7 Å². The molecule has 8 heteroatoms. The second-order valence-corrected chi connectivity index (χ2v) is 13.0. The molecule has 1 amide bonds. The quantitative estimate of drug-likeness (QED) is 0.602. The molecule has 1 N–H and O–H groups in total. The molecule has 0 unspecified atom stereocenters. The predicted molar refractivity (Wildman–Crippen MR) is 134 cm³/mol. The summed E-state index contributed by atoms with van der Waals surface area (Å²) in [5.41, 5.74) is 2.76. The number of amides is 1. The van der Waals surface area contributed by atoms with Crippen LogP contribution in [-0.2, 0) is 20.2 Å². The minimum absolute atomic E-state index is 0.0963. The lowest BCUT2D eigenvalue weighted by Crippen LogP contribution is -2.48. The molecular formula is C27H32N2O5S. The molecule has 4 aliphatic carbocycles. The zero-order valence-electron chi connectivity index (χ0n) is 20.0. The molecule has 0 atom stereocenters. The van der Waals surface area contributed by atoms with E-state index in [1.165, 1.54) is 44.1 Å². The Bertz CT molecular complexity index is 1210. The largest absolute Gasteiger partial charge is 0.454 e. The van der Waals surface area contributed by atoms with Crippen molar-refractivity contribution in [2.75, 3.05) is 28.7 Å².